The number of rotatable bonds is 12. The first-order valence-electron chi connectivity index (χ1n) is 12.9. The molecular weight excluding hydrogens is 579 g/mol. The Bertz CT molecular complexity index is 1440. The van der Waals surface area contributed by atoms with Crippen LogP contribution in [0, 0.1) is 0 Å². The summed E-state index contributed by atoms with van der Waals surface area (Å²) in [7, 11) is -4.49. The van der Waals surface area contributed by atoms with E-state index in [4.69, 9.17) is 11.6 Å². The van der Waals surface area contributed by atoms with Gasteiger partial charge in [-0.1, -0.05) is 61.8 Å². The minimum absolute atomic E-state index is 0.0597. The summed E-state index contributed by atoms with van der Waals surface area (Å²) in [5.74, 6) is -1.19. The summed E-state index contributed by atoms with van der Waals surface area (Å²) in [5.41, 5.74) is -0.785. The quantitative estimate of drug-likeness (QED) is 0.278. The van der Waals surface area contributed by atoms with E-state index in [0.717, 1.165) is 12.1 Å². The predicted molar refractivity (Wildman–Crippen MR) is 152 cm³/mol. The Hall–Kier alpha value is -3.57. The monoisotopic (exact) mass is 609 g/mol. The Kier molecular flexibility index (Phi) is 10.8. The van der Waals surface area contributed by atoms with Crippen molar-refractivity contribution in [1.82, 2.24) is 10.2 Å². The Morgan fingerprint density at radius 2 is 1.61 bits per heavy atom. The van der Waals surface area contributed by atoms with Crippen LogP contribution in [0.3, 0.4) is 0 Å². The van der Waals surface area contributed by atoms with Gasteiger partial charge in [-0.15, -0.1) is 0 Å². The molecule has 3 aromatic carbocycles. The standard InChI is InChI=1S/C29H31ClF3N3O4S/c1-3-17-34-28(38)26(4-2)35(19-21-13-15-23(30)16-14-21)27(37)20-36(41(39,40)25-11-6-5-7-12-25)24-10-8-9-22(18-24)29(31,32)33/h5-16,18,26H,3-4,17,19-20H2,1-2H3,(H,34,38)/t26-/m1/s1. The number of alkyl halides is 3. The van der Waals surface area contributed by atoms with Crippen molar-refractivity contribution in [2.24, 2.45) is 0 Å². The number of carbonyl (C=O) groups is 2. The van der Waals surface area contributed by atoms with Gasteiger partial charge in [0.1, 0.15) is 12.6 Å². The Morgan fingerprint density at radius 3 is 2.20 bits per heavy atom. The summed E-state index contributed by atoms with van der Waals surface area (Å²) in [4.78, 5) is 28.0. The lowest BCUT2D eigenvalue weighted by molar-refractivity contribution is -0.140. The Balaban J connectivity index is 2.09. The van der Waals surface area contributed by atoms with Crippen LogP contribution in [0.25, 0.3) is 0 Å². The first-order valence-corrected chi connectivity index (χ1v) is 14.8. The highest BCUT2D eigenvalue weighted by atomic mass is 35.5. The highest BCUT2D eigenvalue weighted by molar-refractivity contribution is 7.92. The van der Waals surface area contributed by atoms with Gasteiger partial charge in [0.2, 0.25) is 11.8 Å². The molecule has 12 heteroatoms. The molecule has 0 aliphatic carbocycles. The molecule has 2 amide bonds. The maximum Gasteiger partial charge on any atom is 0.416 e. The molecule has 0 aromatic heterocycles. The van der Waals surface area contributed by atoms with E-state index in [0.29, 0.717) is 33.9 Å². The molecular formula is C29H31ClF3N3O4S. The van der Waals surface area contributed by atoms with Crippen LogP contribution in [0.2, 0.25) is 5.02 Å². The second-order valence-electron chi connectivity index (χ2n) is 9.24. The maximum atomic E-state index is 13.9. The van der Waals surface area contributed by atoms with Crippen LogP contribution in [0.5, 0.6) is 0 Å². The number of nitrogens with zero attached hydrogens (tertiary/aromatic N) is 2. The van der Waals surface area contributed by atoms with Crippen LogP contribution >= 0.6 is 11.6 Å². The van der Waals surface area contributed by atoms with Gasteiger partial charge in [0.15, 0.2) is 0 Å². The van der Waals surface area contributed by atoms with Gasteiger partial charge in [-0.2, -0.15) is 13.2 Å². The molecule has 0 saturated heterocycles. The Morgan fingerprint density at radius 1 is 0.951 bits per heavy atom. The normalized spacial score (nSPS) is 12.4. The summed E-state index contributed by atoms with van der Waals surface area (Å²) >= 11 is 6.00. The molecule has 3 aromatic rings. The van der Waals surface area contributed by atoms with Gasteiger partial charge in [0.25, 0.3) is 10.0 Å². The van der Waals surface area contributed by atoms with Crippen LogP contribution in [0.1, 0.15) is 37.8 Å². The summed E-state index contributed by atoms with van der Waals surface area (Å²) in [5, 5.41) is 3.23. The fourth-order valence-electron chi connectivity index (χ4n) is 4.16. The van der Waals surface area contributed by atoms with Gasteiger partial charge >= 0.3 is 6.18 Å². The number of hydrogen-bond donors (Lipinski definition) is 1. The topological polar surface area (TPSA) is 86.8 Å². The molecule has 0 radical (unpaired) electrons. The number of sulfonamides is 1. The zero-order valence-corrected chi connectivity index (χ0v) is 24.1. The van der Waals surface area contributed by atoms with Crippen molar-refractivity contribution in [3.8, 4) is 0 Å². The molecule has 0 aliphatic rings. The van der Waals surface area contributed by atoms with Crippen LogP contribution in [0.4, 0.5) is 18.9 Å². The van der Waals surface area contributed by atoms with E-state index in [1.165, 1.54) is 35.2 Å². The average Bonchev–Trinajstić information content (AvgIpc) is 2.95. The maximum absolute atomic E-state index is 13.9. The molecule has 0 spiro atoms. The molecule has 0 fully saturated rings. The molecule has 1 atom stereocenters. The van der Waals surface area contributed by atoms with Gasteiger partial charge in [-0.25, -0.2) is 8.42 Å². The number of benzene rings is 3. The second kappa shape index (κ2) is 13.9. The predicted octanol–water partition coefficient (Wildman–Crippen LogP) is 5.89. The zero-order valence-electron chi connectivity index (χ0n) is 22.6. The van der Waals surface area contributed by atoms with E-state index in [9.17, 15) is 31.2 Å². The third-order valence-electron chi connectivity index (χ3n) is 6.27. The van der Waals surface area contributed by atoms with Crippen molar-refractivity contribution in [2.75, 3.05) is 17.4 Å². The second-order valence-corrected chi connectivity index (χ2v) is 11.5. The highest BCUT2D eigenvalue weighted by Gasteiger charge is 2.35. The van der Waals surface area contributed by atoms with Gasteiger partial charge in [-0.3, -0.25) is 13.9 Å². The SMILES string of the molecule is CCCNC(=O)[C@@H](CC)N(Cc1ccc(Cl)cc1)C(=O)CN(c1cccc(C(F)(F)F)c1)S(=O)(=O)c1ccccc1. The van der Waals surface area contributed by atoms with E-state index in [1.54, 1.807) is 37.3 Å². The van der Waals surface area contributed by atoms with Crippen molar-refractivity contribution in [1.29, 1.82) is 0 Å². The summed E-state index contributed by atoms with van der Waals surface area (Å²) in [6.07, 6.45) is -3.87. The minimum atomic E-state index is -4.74. The number of halogens is 4. The van der Waals surface area contributed by atoms with E-state index < -0.39 is 46.2 Å². The lowest BCUT2D eigenvalue weighted by atomic mass is 10.1. The summed E-state index contributed by atoms with van der Waals surface area (Å²) in [6.45, 7) is 3.06. The number of hydrogen-bond acceptors (Lipinski definition) is 4. The van der Waals surface area contributed by atoms with Crippen LogP contribution in [-0.2, 0) is 32.3 Å². The number of amides is 2. The number of nitrogens with one attached hydrogen (secondary N) is 1. The van der Waals surface area contributed by atoms with Crippen molar-refractivity contribution < 1.29 is 31.2 Å². The van der Waals surface area contributed by atoms with Crippen LogP contribution < -0.4 is 9.62 Å². The first-order chi connectivity index (χ1) is 19.4. The molecule has 0 aliphatic heterocycles. The number of anilines is 1. The smallest absolute Gasteiger partial charge is 0.354 e. The van der Waals surface area contributed by atoms with Gasteiger partial charge < -0.3 is 10.2 Å². The van der Waals surface area contributed by atoms with Gasteiger partial charge in [0.05, 0.1) is 16.1 Å². The van der Waals surface area contributed by atoms with Crippen LogP contribution in [-0.4, -0.2) is 44.3 Å². The van der Waals surface area contributed by atoms with E-state index in [1.807, 2.05) is 6.92 Å². The van der Waals surface area contributed by atoms with Gasteiger partial charge in [-0.05, 0) is 60.9 Å². The summed E-state index contributed by atoms with van der Waals surface area (Å²) < 4.78 is 68.8. The Labute approximate surface area is 243 Å². The van der Waals surface area contributed by atoms with E-state index in [-0.39, 0.29) is 23.5 Å². The third-order valence-corrected chi connectivity index (χ3v) is 8.31. The lowest BCUT2D eigenvalue weighted by Crippen LogP contribution is -2.52. The van der Waals surface area contributed by atoms with E-state index in [2.05, 4.69) is 5.32 Å². The van der Waals surface area contributed by atoms with Crippen molar-refractivity contribution >= 4 is 39.1 Å². The molecule has 0 heterocycles. The molecule has 1 N–H and O–H groups in total. The molecule has 220 valence electrons. The van der Waals surface area contributed by atoms with Crippen molar-refractivity contribution in [3.63, 3.8) is 0 Å². The molecule has 41 heavy (non-hydrogen) atoms. The van der Waals surface area contributed by atoms with Crippen molar-refractivity contribution in [2.45, 2.75) is 50.3 Å². The lowest BCUT2D eigenvalue weighted by Gasteiger charge is -2.33. The third kappa shape index (κ3) is 8.23. The molecule has 3 rings (SSSR count). The first kappa shape index (κ1) is 32.0. The fourth-order valence-corrected chi connectivity index (χ4v) is 5.71. The average molecular weight is 610 g/mol. The zero-order chi connectivity index (χ0) is 30.2. The fraction of sp³-hybridized carbons (Fsp3) is 0.310. The minimum Gasteiger partial charge on any atom is -0.354 e. The van der Waals surface area contributed by atoms with E-state index >= 15 is 0 Å². The van der Waals surface area contributed by atoms with Crippen LogP contribution in [0.15, 0.2) is 83.8 Å². The van der Waals surface area contributed by atoms with Crippen molar-refractivity contribution in [3.05, 3.63) is 95.0 Å². The summed E-state index contributed by atoms with van der Waals surface area (Å²) in [6, 6.07) is 16.5. The molecule has 7 nitrogen and oxygen atoms in total. The number of carbonyl (C=O) groups excluding carboxylic acids is 2. The molecule has 0 unspecified atom stereocenters. The highest BCUT2D eigenvalue weighted by Crippen LogP contribution is 2.33. The van der Waals surface area contributed by atoms with Gasteiger partial charge in [0, 0.05) is 18.1 Å². The largest absolute Gasteiger partial charge is 0.416 e. The molecule has 0 saturated carbocycles. The molecule has 0 bridgehead atoms.